The van der Waals surface area contributed by atoms with Crippen LogP contribution in [0.25, 0.3) is 0 Å². The summed E-state index contributed by atoms with van der Waals surface area (Å²) >= 11 is 0. The van der Waals surface area contributed by atoms with Crippen molar-refractivity contribution in [3.8, 4) is 0 Å². The largest absolute Gasteiger partial charge is 0.378 e. The first-order chi connectivity index (χ1) is 6.77. The van der Waals surface area contributed by atoms with E-state index in [0.717, 1.165) is 13.1 Å². The van der Waals surface area contributed by atoms with E-state index in [9.17, 15) is 9.59 Å². The van der Waals surface area contributed by atoms with Gasteiger partial charge in [0.2, 0.25) is 11.8 Å². The molecule has 0 aliphatic carbocycles. The molecule has 3 fully saturated rings. The topological polar surface area (TPSA) is 58.6 Å². The molecule has 3 unspecified atom stereocenters. The zero-order valence-electron chi connectivity index (χ0n) is 7.73. The Kier molecular flexibility index (Phi) is 1.66. The Labute approximate surface area is 81.4 Å². The fourth-order valence-corrected chi connectivity index (χ4v) is 2.75. The molecule has 0 aromatic carbocycles. The van der Waals surface area contributed by atoms with E-state index in [1.54, 1.807) is 0 Å². The summed E-state index contributed by atoms with van der Waals surface area (Å²) in [6.07, 6.45) is 0. The van der Waals surface area contributed by atoms with Crippen molar-refractivity contribution in [2.24, 2.45) is 11.8 Å². The minimum atomic E-state index is -0.164. The number of imide groups is 1. The standard InChI is InChI=1S/C9H12N2O3/c12-8-5-3-11-1-2-14-4-6(11)7(5)9(13)10-8/h5-7H,1-4H2,(H,10,12,13). The molecule has 3 aliphatic rings. The van der Waals surface area contributed by atoms with Crippen LogP contribution in [-0.4, -0.2) is 49.1 Å². The molecule has 0 aromatic rings. The molecule has 3 saturated heterocycles. The lowest BCUT2D eigenvalue weighted by Gasteiger charge is -2.31. The van der Waals surface area contributed by atoms with Crippen molar-refractivity contribution in [1.82, 2.24) is 10.2 Å². The van der Waals surface area contributed by atoms with Gasteiger partial charge >= 0.3 is 0 Å². The second kappa shape index (κ2) is 2.77. The fourth-order valence-electron chi connectivity index (χ4n) is 2.75. The lowest BCUT2D eigenvalue weighted by Crippen LogP contribution is -2.46. The fraction of sp³-hybridized carbons (Fsp3) is 0.778. The van der Waals surface area contributed by atoms with E-state index in [4.69, 9.17) is 4.74 Å². The van der Waals surface area contributed by atoms with Gasteiger partial charge in [0, 0.05) is 19.1 Å². The predicted molar refractivity (Wildman–Crippen MR) is 46.3 cm³/mol. The number of carbonyl (C=O) groups excluding carboxylic acids is 2. The summed E-state index contributed by atoms with van der Waals surface area (Å²) < 4.78 is 5.34. The summed E-state index contributed by atoms with van der Waals surface area (Å²) in [7, 11) is 0. The van der Waals surface area contributed by atoms with Crippen molar-refractivity contribution >= 4 is 11.8 Å². The van der Waals surface area contributed by atoms with Gasteiger partial charge in [-0.15, -0.1) is 0 Å². The maximum atomic E-state index is 11.5. The van der Waals surface area contributed by atoms with Gasteiger partial charge < -0.3 is 4.74 Å². The van der Waals surface area contributed by atoms with Crippen LogP contribution in [0.1, 0.15) is 0 Å². The highest BCUT2D eigenvalue weighted by atomic mass is 16.5. The number of hydrogen-bond donors (Lipinski definition) is 1. The monoisotopic (exact) mass is 196 g/mol. The minimum Gasteiger partial charge on any atom is -0.378 e. The van der Waals surface area contributed by atoms with Crippen LogP contribution in [0.2, 0.25) is 0 Å². The lowest BCUT2D eigenvalue weighted by molar-refractivity contribution is -0.128. The summed E-state index contributed by atoms with van der Waals surface area (Å²) in [5.74, 6) is -0.510. The Bertz CT molecular complexity index is 304. The molecule has 0 bridgehead atoms. The smallest absolute Gasteiger partial charge is 0.232 e. The van der Waals surface area contributed by atoms with Crippen molar-refractivity contribution in [1.29, 1.82) is 0 Å². The Hall–Kier alpha value is -0.940. The maximum absolute atomic E-state index is 11.5. The maximum Gasteiger partial charge on any atom is 0.232 e. The highest BCUT2D eigenvalue weighted by Gasteiger charge is 2.54. The van der Waals surface area contributed by atoms with Crippen LogP contribution in [0.4, 0.5) is 0 Å². The molecule has 3 atom stereocenters. The first kappa shape index (κ1) is 8.38. The molecule has 5 nitrogen and oxygen atoms in total. The van der Waals surface area contributed by atoms with Gasteiger partial charge in [0.25, 0.3) is 0 Å². The Morgan fingerprint density at radius 3 is 3.07 bits per heavy atom. The molecule has 0 spiro atoms. The van der Waals surface area contributed by atoms with Crippen molar-refractivity contribution in [3.05, 3.63) is 0 Å². The van der Waals surface area contributed by atoms with E-state index in [2.05, 4.69) is 10.2 Å². The third-order valence-corrected chi connectivity index (χ3v) is 3.45. The van der Waals surface area contributed by atoms with Gasteiger partial charge in [-0.3, -0.25) is 19.8 Å². The number of carbonyl (C=O) groups is 2. The highest BCUT2D eigenvalue weighted by Crippen LogP contribution is 2.35. The van der Waals surface area contributed by atoms with Crippen LogP contribution < -0.4 is 5.32 Å². The van der Waals surface area contributed by atoms with Crippen LogP contribution in [0.15, 0.2) is 0 Å². The van der Waals surface area contributed by atoms with Gasteiger partial charge in [0.1, 0.15) is 0 Å². The molecule has 14 heavy (non-hydrogen) atoms. The Morgan fingerprint density at radius 2 is 2.21 bits per heavy atom. The molecular weight excluding hydrogens is 184 g/mol. The van der Waals surface area contributed by atoms with Gasteiger partial charge in [0.15, 0.2) is 0 Å². The number of rotatable bonds is 0. The number of morpholine rings is 1. The number of ether oxygens (including phenoxy) is 1. The summed E-state index contributed by atoms with van der Waals surface area (Å²) in [6.45, 7) is 2.86. The van der Waals surface area contributed by atoms with E-state index in [0.29, 0.717) is 13.2 Å². The second-order valence-electron chi connectivity index (χ2n) is 4.12. The molecule has 1 N–H and O–H groups in total. The molecule has 0 aromatic heterocycles. The van der Waals surface area contributed by atoms with Crippen molar-refractivity contribution in [2.45, 2.75) is 6.04 Å². The normalized spacial score (nSPS) is 42.1. The first-order valence-corrected chi connectivity index (χ1v) is 4.94. The Balaban J connectivity index is 1.90. The van der Waals surface area contributed by atoms with Crippen molar-refractivity contribution < 1.29 is 14.3 Å². The summed E-state index contributed by atoms with van der Waals surface area (Å²) in [6, 6.07) is 0.125. The third-order valence-electron chi connectivity index (χ3n) is 3.45. The van der Waals surface area contributed by atoms with Gasteiger partial charge in [-0.2, -0.15) is 0 Å². The molecule has 3 rings (SSSR count). The van der Waals surface area contributed by atoms with Gasteiger partial charge in [-0.25, -0.2) is 0 Å². The molecule has 3 aliphatic heterocycles. The van der Waals surface area contributed by atoms with Crippen molar-refractivity contribution in [2.75, 3.05) is 26.3 Å². The summed E-state index contributed by atoms with van der Waals surface area (Å²) in [4.78, 5) is 25.1. The van der Waals surface area contributed by atoms with Crippen LogP contribution in [0.3, 0.4) is 0 Å². The summed E-state index contributed by atoms with van der Waals surface area (Å²) in [5, 5.41) is 2.39. The molecule has 5 heteroatoms. The van der Waals surface area contributed by atoms with Crippen molar-refractivity contribution in [3.63, 3.8) is 0 Å². The Morgan fingerprint density at radius 1 is 1.36 bits per heavy atom. The lowest BCUT2D eigenvalue weighted by atomic mass is 9.93. The highest BCUT2D eigenvalue weighted by molar-refractivity contribution is 6.06. The zero-order valence-corrected chi connectivity index (χ0v) is 7.73. The van der Waals surface area contributed by atoms with E-state index in [1.807, 2.05) is 0 Å². The van der Waals surface area contributed by atoms with Gasteiger partial charge in [-0.1, -0.05) is 0 Å². The number of hydrogen-bond acceptors (Lipinski definition) is 4. The summed E-state index contributed by atoms with van der Waals surface area (Å²) in [5.41, 5.74) is 0. The van der Waals surface area contributed by atoms with E-state index >= 15 is 0 Å². The van der Waals surface area contributed by atoms with E-state index in [-0.39, 0.29) is 29.7 Å². The number of amides is 2. The average molecular weight is 196 g/mol. The van der Waals surface area contributed by atoms with Crippen LogP contribution >= 0.6 is 0 Å². The molecular formula is C9H12N2O3. The number of nitrogens with one attached hydrogen (secondary N) is 1. The first-order valence-electron chi connectivity index (χ1n) is 4.94. The number of fused-ring (bicyclic) bond motifs is 3. The van der Waals surface area contributed by atoms with Crippen LogP contribution in [-0.2, 0) is 14.3 Å². The SMILES string of the molecule is O=C1NC(=O)C2C1CN1CCOCC21. The van der Waals surface area contributed by atoms with Crippen LogP contribution in [0.5, 0.6) is 0 Å². The molecule has 0 radical (unpaired) electrons. The third kappa shape index (κ3) is 0.965. The average Bonchev–Trinajstić information content (AvgIpc) is 2.66. The molecule has 2 amide bonds. The number of nitrogens with zero attached hydrogens (tertiary/aromatic N) is 1. The molecule has 0 saturated carbocycles. The molecule has 76 valence electrons. The minimum absolute atomic E-state index is 0.102. The molecule has 3 heterocycles. The second-order valence-corrected chi connectivity index (χ2v) is 4.12. The van der Waals surface area contributed by atoms with E-state index in [1.165, 1.54) is 0 Å². The quantitative estimate of drug-likeness (QED) is 0.484. The van der Waals surface area contributed by atoms with E-state index < -0.39 is 0 Å². The predicted octanol–water partition coefficient (Wildman–Crippen LogP) is -1.41. The van der Waals surface area contributed by atoms with Gasteiger partial charge in [0.05, 0.1) is 25.0 Å². The van der Waals surface area contributed by atoms with Crippen LogP contribution in [0, 0.1) is 11.8 Å². The zero-order chi connectivity index (χ0) is 9.71. The van der Waals surface area contributed by atoms with Gasteiger partial charge in [-0.05, 0) is 0 Å².